The van der Waals surface area contributed by atoms with Gasteiger partial charge in [0.05, 0.1) is 26.4 Å². The fourth-order valence-corrected chi connectivity index (χ4v) is 1.48. The Bertz CT molecular complexity index is 275. The molecule has 0 atom stereocenters. The fraction of sp³-hybridized carbons (Fsp3) is 1.00. The Morgan fingerprint density at radius 3 is 0.625 bits per heavy atom. The van der Waals surface area contributed by atoms with Crippen LogP contribution in [0.4, 0.5) is 0 Å². The molecule has 24 heavy (non-hydrogen) atoms. The van der Waals surface area contributed by atoms with E-state index in [1.54, 1.807) is 27.7 Å². The highest BCUT2D eigenvalue weighted by Crippen LogP contribution is 1.65. The second kappa shape index (κ2) is 26.4. The molecule has 12 nitrogen and oxygen atoms in total. The topological polar surface area (TPSA) is 186 Å². The van der Waals surface area contributed by atoms with E-state index >= 15 is 0 Å². The summed E-state index contributed by atoms with van der Waals surface area (Å²) in [5.74, 6) is 0. The van der Waals surface area contributed by atoms with Gasteiger partial charge in [-0.15, -0.1) is 0 Å². The van der Waals surface area contributed by atoms with Crippen molar-refractivity contribution in [1.29, 1.82) is 0 Å². The van der Waals surface area contributed by atoms with Gasteiger partial charge in [0.2, 0.25) is 0 Å². The van der Waals surface area contributed by atoms with Crippen LogP contribution in [-0.2, 0) is 35.6 Å². The lowest BCUT2D eigenvalue weighted by atomic mass is 10.9. The molecule has 0 spiro atoms. The lowest BCUT2D eigenvalue weighted by molar-refractivity contribution is 0.235. The van der Waals surface area contributed by atoms with Gasteiger partial charge in [-0.3, -0.25) is 17.8 Å². The minimum atomic E-state index is -2.64. The predicted octanol–water partition coefficient (Wildman–Crippen LogP) is -2.28. The molecule has 0 bridgehead atoms. The van der Waals surface area contributed by atoms with Crippen LogP contribution in [0.1, 0.15) is 27.7 Å². The van der Waals surface area contributed by atoms with Crippen LogP contribution in [0.5, 0.6) is 0 Å². The summed E-state index contributed by atoms with van der Waals surface area (Å²) in [6.45, 7) is 7.92. The Balaban J connectivity index is -0.000000111. The van der Waals surface area contributed by atoms with Crippen molar-refractivity contribution in [2.24, 2.45) is 0 Å². The van der Waals surface area contributed by atoms with E-state index in [-0.39, 0.29) is 0 Å². The smallest absolute Gasteiger partial charge is 0.511 e. The maximum atomic E-state index is 9.56. The van der Waals surface area contributed by atoms with Gasteiger partial charge in [-0.1, -0.05) is 0 Å². The Morgan fingerprint density at radius 1 is 0.500 bits per heavy atom. The average molecular weight is 425 g/mol. The maximum absolute atomic E-state index is 9.56. The molecule has 0 aromatic heterocycles. The molecule has 16 heteroatoms. The summed E-state index contributed by atoms with van der Waals surface area (Å²) in [5, 5.41) is 0. The predicted molar refractivity (Wildman–Crippen MR) is 81.1 cm³/mol. The molecule has 0 aliphatic rings. The first-order valence-corrected chi connectivity index (χ1v) is 11.6. The molecule has 0 heterocycles. The van der Waals surface area contributed by atoms with Crippen molar-refractivity contribution in [1.82, 2.24) is 0 Å². The lowest BCUT2D eigenvalue weighted by Crippen LogP contribution is -2.03. The third kappa shape index (κ3) is 70.8. The molecule has 0 aliphatic heterocycles. The van der Waals surface area contributed by atoms with Gasteiger partial charge in [0.25, 0.3) is 0 Å². The summed E-state index contributed by atoms with van der Waals surface area (Å²) < 4.78 is 54.8. The highest BCUT2D eigenvalue weighted by Gasteiger charge is 1.98. The third-order valence-corrected chi connectivity index (χ3v) is 3.21. The Hall–Kier alpha value is -1.53. The zero-order valence-corrected chi connectivity index (χ0v) is 17.9. The van der Waals surface area contributed by atoms with E-state index in [0.717, 1.165) is 0 Å². The third-order valence-electron chi connectivity index (χ3n) is 1.07. The molecule has 0 saturated heterocycles. The monoisotopic (exact) mass is 424 g/mol. The number of hydrogen-bond acceptors (Lipinski definition) is 8. The molecule has 0 radical (unpaired) electrons. The number of hydrogen-bond donors (Lipinski definition) is 4. The van der Waals surface area contributed by atoms with Crippen molar-refractivity contribution in [3.05, 3.63) is 0 Å². The van der Waals surface area contributed by atoms with Crippen molar-refractivity contribution < 1.29 is 54.7 Å². The maximum Gasteiger partial charge on any atom is 0.764 e. The molecule has 0 amide bonds. The molecule has 0 saturated carbocycles. The molecule has 4 N–H and O–H groups in total. The van der Waals surface area contributed by atoms with E-state index in [1.807, 2.05) is 0 Å². The first-order chi connectivity index (χ1) is 11.1. The number of rotatable bonds is 8. The van der Waals surface area contributed by atoms with E-state index in [0.29, 0.717) is 26.4 Å². The largest absolute Gasteiger partial charge is 0.764 e. The van der Waals surface area contributed by atoms with Crippen molar-refractivity contribution in [2.45, 2.75) is 27.7 Å². The van der Waals surface area contributed by atoms with Crippen molar-refractivity contribution in [2.75, 3.05) is 26.4 Å². The van der Waals surface area contributed by atoms with E-state index < -0.39 is 36.7 Å². The fourth-order valence-electron chi connectivity index (χ4n) is 0.494. The molecule has 0 rings (SSSR count). The molecular weight excluding hydrogens is 400 g/mol. The van der Waals surface area contributed by atoms with Gasteiger partial charge in [0.1, 0.15) is 0 Å². The molecule has 0 unspecified atom stereocenters. The van der Waals surface area contributed by atoms with Crippen LogP contribution in [0, 0.1) is 0 Å². The second-order valence-corrected chi connectivity index (χ2v) is 6.08. The summed E-state index contributed by atoms with van der Waals surface area (Å²) in [7, 11) is -10.5. The zero-order chi connectivity index (χ0) is 20.0. The standard InChI is InChI=1S/4C2H6O3Si/c4*1-2-5-6(3)4/h4*3H,2H2,1H3. The second-order valence-electron chi connectivity index (χ2n) is 2.80. The van der Waals surface area contributed by atoms with E-state index in [1.165, 1.54) is 0 Å². The summed E-state index contributed by atoms with van der Waals surface area (Å²) in [6.07, 6.45) is 0. The highest BCUT2D eigenvalue weighted by atomic mass is 28.3. The minimum absolute atomic E-state index is 0.314. The highest BCUT2D eigenvalue weighted by molar-refractivity contribution is 6.24. The Morgan fingerprint density at radius 2 is 0.625 bits per heavy atom. The van der Waals surface area contributed by atoms with Crippen LogP contribution in [-0.4, -0.2) is 82.3 Å². The van der Waals surface area contributed by atoms with Crippen LogP contribution in [0.15, 0.2) is 0 Å². The summed E-state index contributed by atoms with van der Waals surface area (Å²) >= 11 is 0. The van der Waals surface area contributed by atoms with E-state index in [2.05, 4.69) is 17.7 Å². The molecule has 0 aromatic carbocycles. The van der Waals surface area contributed by atoms with E-state index in [9.17, 15) is 17.8 Å². The van der Waals surface area contributed by atoms with Gasteiger partial charge >= 0.3 is 36.7 Å². The SMILES string of the molecule is CCO[Si](=O)O.CCO[Si](=O)O.CCO[Si](=O)O.CCO[Si](=O)O. The van der Waals surface area contributed by atoms with Crippen molar-refractivity contribution in [3.63, 3.8) is 0 Å². The Labute approximate surface area is 146 Å². The lowest BCUT2D eigenvalue weighted by Gasteiger charge is -1.86. The van der Waals surface area contributed by atoms with Gasteiger partial charge in [-0.25, -0.2) is 0 Å². The van der Waals surface area contributed by atoms with Gasteiger partial charge in [-0.2, -0.15) is 0 Å². The minimum Gasteiger partial charge on any atom is -0.511 e. The first-order valence-electron chi connectivity index (χ1n) is 6.51. The molecule has 0 fully saturated rings. The van der Waals surface area contributed by atoms with Crippen LogP contribution in [0.2, 0.25) is 0 Å². The van der Waals surface area contributed by atoms with Gasteiger partial charge in [0.15, 0.2) is 0 Å². The van der Waals surface area contributed by atoms with Gasteiger partial charge < -0.3 is 36.9 Å². The van der Waals surface area contributed by atoms with Crippen LogP contribution in [0.25, 0.3) is 0 Å². The van der Waals surface area contributed by atoms with Crippen LogP contribution < -0.4 is 0 Å². The van der Waals surface area contributed by atoms with E-state index in [4.69, 9.17) is 19.2 Å². The van der Waals surface area contributed by atoms with Crippen molar-refractivity contribution in [3.8, 4) is 0 Å². The van der Waals surface area contributed by atoms with Crippen LogP contribution in [0.3, 0.4) is 0 Å². The summed E-state index contributed by atoms with van der Waals surface area (Å²) in [4.78, 5) is 31.5. The quantitative estimate of drug-likeness (QED) is 0.306. The normalized spacial score (nSPS) is 7.50. The molecular formula is C8H24O12Si4. The van der Waals surface area contributed by atoms with Gasteiger partial charge in [0, 0.05) is 0 Å². The van der Waals surface area contributed by atoms with Gasteiger partial charge in [-0.05, 0) is 27.7 Å². The Kier molecular flexibility index (Phi) is 33.4. The zero-order valence-electron chi connectivity index (χ0n) is 13.9. The average Bonchev–Trinajstić information content (AvgIpc) is 2.39. The summed E-state index contributed by atoms with van der Waals surface area (Å²) in [5.41, 5.74) is 0. The summed E-state index contributed by atoms with van der Waals surface area (Å²) in [6, 6.07) is 0. The first kappa shape index (κ1) is 30.4. The molecule has 0 aromatic rings. The molecule has 0 aliphatic carbocycles. The van der Waals surface area contributed by atoms with Crippen LogP contribution >= 0.6 is 0 Å². The van der Waals surface area contributed by atoms with Crippen molar-refractivity contribution >= 4 is 36.7 Å². The molecule has 144 valence electrons.